The number of rotatable bonds is 10. The molecular weight excluding hydrogens is 640 g/mol. The number of esters is 4. The molecule has 0 saturated heterocycles. The van der Waals surface area contributed by atoms with Gasteiger partial charge in [0.1, 0.15) is 24.7 Å². The summed E-state index contributed by atoms with van der Waals surface area (Å²) < 4.78 is 31.3. The van der Waals surface area contributed by atoms with E-state index in [0.29, 0.717) is 11.8 Å². The molecule has 6 rings (SSSR count). The van der Waals surface area contributed by atoms with Crippen molar-refractivity contribution in [1.82, 2.24) is 0 Å². The third-order valence-corrected chi connectivity index (χ3v) is 12.5. The van der Waals surface area contributed by atoms with Crippen molar-refractivity contribution in [2.24, 2.45) is 71.0 Å². The van der Waals surface area contributed by atoms with E-state index in [-0.39, 0.29) is 96.3 Å². The summed E-state index contributed by atoms with van der Waals surface area (Å²) in [6.07, 6.45) is 1.81. The Bertz CT molecular complexity index is 1390. The fraction of sp³-hybridized carbons (Fsp3) is 0.600. The van der Waals surface area contributed by atoms with Gasteiger partial charge in [0.2, 0.25) is 0 Å². The lowest BCUT2D eigenvalue weighted by molar-refractivity contribution is -0.162. The molecule has 50 heavy (non-hydrogen) atoms. The van der Waals surface area contributed by atoms with E-state index in [0.717, 1.165) is 35.5 Å². The lowest BCUT2D eigenvalue weighted by Gasteiger charge is -2.35. The Labute approximate surface area is 295 Å². The molecule has 0 N–H and O–H groups in total. The van der Waals surface area contributed by atoms with Crippen LogP contribution in [0.4, 0.5) is 0 Å². The molecule has 0 radical (unpaired) electrons. The van der Waals surface area contributed by atoms with Crippen LogP contribution in [0.2, 0.25) is 0 Å². The summed E-state index contributed by atoms with van der Waals surface area (Å²) in [7, 11) is 6.07. The molecule has 2 aromatic carbocycles. The zero-order valence-electron chi connectivity index (χ0n) is 30.5. The van der Waals surface area contributed by atoms with Crippen LogP contribution in [0.3, 0.4) is 0 Å². The summed E-state index contributed by atoms with van der Waals surface area (Å²) in [6.45, 7) is 8.88. The Morgan fingerprint density at radius 1 is 0.480 bits per heavy atom. The standard InChI is InChI=1S/2C20H26O5/c2*1-11-15-9-16(17(11)19(21)24-4)18(12(15)2)20(22)25-10-13-5-7-14(23-3)8-6-13/h2*5-8,11-12,15-18H,9-10H2,1-4H3/t11-,12-,15?,16?,17-,18+;11-,12-,15?,16?,17-,18-/m11/s1. The summed E-state index contributed by atoms with van der Waals surface area (Å²) in [5, 5.41) is 0. The molecule has 0 aliphatic heterocycles. The molecular formula is C40H52O10. The van der Waals surface area contributed by atoms with E-state index in [1.807, 2.05) is 48.5 Å². The molecule has 0 amide bonds. The first-order chi connectivity index (χ1) is 23.9. The Hall–Kier alpha value is -4.08. The van der Waals surface area contributed by atoms with Gasteiger partial charge in [-0.2, -0.15) is 0 Å². The van der Waals surface area contributed by atoms with E-state index in [2.05, 4.69) is 27.7 Å². The van der Waals surface area contributed by atoms with E-state index in [9.17, 15) is 19.2 Å². The smallest absolute Gasteiger partial charge is 0.309 e. The van der Waals surface area contributed by atoms with Crippen LogP contribution < -0.4 is 9.47 Å². The molecule has 4 aliphatic rings. The number of hydrogen-bond donors (Lipinski definition) is 0. The SMILES string of the molecule is COC(=O)[C@H]1C2CC([C@@H](C)[C@@H]2C(=O)OCc2ccc(OC)cc2)[C@H]1C.COC(=O)[C@H]1C2CC([C@H]1C)[C@@H](C)[C@H]2C(=O)OCc1ccc(OC)cc1. The number of carbonyl (C=O) groups is 4. The van der Waals surface area contributed by atoms with Gasteiger partial charge >= 0.3 is 23.9 Å². The summed E-state index contributed by atoms with van der Waals surface area (Å²) in [6, 6.07) is 14.9. The van der Waals surface area contributed by atoms with Crippen LogP contribution in [0.15, 0.2) is 48.5 Å². The molecule has 4 unspecified atom stereocenters. The molecule has 272 valence electrons. The van der Waals surface area contributed by atoms with Crippen LogP contribution in [0.1, 0.15) is 51.7 Å². The van der Waals surface area contributed by atoms with Crippen LogP contribution in [0.25, 0.3) is 0 Å². The van der Waals surface area contributed by atoms with E-state index >= 15 is 0 Å². The molecule has 10 nitrogen and oxygen atoms in total. The van der Waals surface area contributed by atoms with Gasteiger partial charge in [-0.05, 0) is 95.6 Å². The monoisotopic (exact) mass is 692 g/mol. The summed E-state index contributed by atoms with van der Waals surface area (Å²) >= 11 is 0. The van der Waals surface area contributed by atoms with Gasteiger partial charge in [-0.25, -0.2) is 0 Å². The zero-order valence-corrected chi connectivity index (χ0v) is 30.5. The minimum atomic E-state index is -0.219. The molecule has 4 aliphatic carbocycles. The highest BCUT2D eigenvalue weighted by Crippen LogP contribution is 2.59. The van der Waals surface area contributed by atoms with Crippen molar-refractivity contribution in [3.63, 3.8) is 0 Å². The second kappa shape index (κ2) is 15.9. The van der Waals surface area contributed by atoms with Crippen molar-refractivity contribution >= 4 is 23.9 Å². The summed E-state index contributed by atoms with van der Waals surface area (Å²) in [4.78, 5) is 49.7. The average molecular weight is 693 g/mol. The first-order valence-corrected chi connectivity index (χ1v) is 17.7. The molecule has 2 aromatic rings. The van der Waals surface area contributed by atoms with Crippen LogP contribution in [0.5, 0.6) is 11.5 Å². The Morgan fingerprint density at radius 3 is 1.04 bits per heavy atom. The van der Waals surface area contributed by atoms with Gasteiger partial charge in [-0.3, -0.25) is 19.2 Å². The second-order valence-electron chi connectivity index (χ2n) is 14.6. The van der Waals surface area contributed by atoms with E-state index in [4.69, 9.17) is 28.4 Å². The largest absolute Gasteiger partial charge is 0.497 e. The normalized spacial score (nSPS) is 33.1. The van der Waals surface area contributed by atoms with Gasteiger partial charge in [0.25, 0.3) is 0 Å². The molecule has 10 heteroatoms. The van der Waals surface area contributed by atoms with E-state index < -0.39 is 0 Å². The van der Waals surface area contributed by atoms with Crippen LogP contribution >= 0.6 is 0 Å². The molecule has 4 saturated carbocycles. The quantitative estimate of drug-likeness (QED) is 0.212. The number of ether oxygens (including phenoxy) is 6. The predicted octanol–water partition coefficient (Wildman–Crippen LogP) is 6.13. The van der Waals surface area contributed by atoms with E-state index in [1.54, 1.807) is 14.2 Å². The highest BCUT2D eigenvalue weighted by molar-refractivity contribution is 5.79. The maximum Gasteiger partial charge on any atom is 0.309 e. The maximum atomic E-state index is 12.7. The Balaban J connectivity index is 0.000000194. The third-order valence-electron chi connectivity index (χ3n) is 12.5. The lowest BCUT2D eigenvalue weighted by Crippen LogP contribution is -2.41. The van der Waals surface area contributed by atoms with Crippen LogP contribution in [-0.4, -0.2) is 52.3 Å². The van der Waals surface area contributed by atoms with Gasteiger partial charge in [0, 0.05) is 0 Å². The fourth-order valence-electron chi connectivity index (χ4n) is 9.88. The second-order valence-corrected chi connectivity index (χ2v) is 14.6. The summed E-state index contributed by atoms with van der Waals surface area (Å²) in [5.74, 6) is 1.77. The highest BCUT2D eigenvalue weighted by Gasteiger charge is 2.61. The molecule has 4 bridgehead atoms. The molecule has 0 aromatic heterocycles. The van der Waals surface area contributed by atoms with Crippen LogP contribution in [-0.2, 0) is 51.3 Å². The molecule has 0 heterocycles. The molecule has 4 fully saturated rings. The zero-order chi connectivity index (χ0) is 36.3. The first kappa shape index (κ1) is 37.2. The Kier molecular flexibility index (Phi) is 11.8. The maximum absolute atomic E-state index is 12.7. The fourth-order valence-corrected chi connectivity index (χ4v) is 9.88. The van der Waals surface area contributed by atoms with Crippen molar-refractivity contribution in [1.29, 1.82) is 0 Å². The summed E-state index contributed by atoms with van der Waals surface area (Å²) in [5.41, 5.74) is 1.84. The van der Waals surface area contributed by atoms with Crippen molar-refractivity contribution in [2.45, 2.75) is 53.8 Å². The topological polar surface area (TPSA) is 124 Å². The van der Waals surface area contributed by atoms with Crippen LogP contribution in [0, 0.1) is 71.0 Å². The minimum absolute atomic E-state index is 0.0332. The number of fused-ring (bicyclic) bond motifs is 4. The molecule has 12 atom stereocenters. The van der Waals surface area contributed by atoms with Gasteiger partial charge in [-0.1, -0.05) is 52.0 Å². The predicted molar refractivity (Wildman–Crippen MR) is 183 cm³/mol. The number of methoxy groups -OCH3 is 4. The van der Waals surface area contributed by atoms with Crippen molar-refractivity contribution < 1.29 is 47.6 Å². The first-order valence-electron chi connectivity index (χ1n) is 17.7. The Morgan fingerprint density at radius 2 is 0.780 bits per heavy atom. The average Bonchev–Trinajstić information content (AvgIpc) is 3.86. The van der Waals surface area contributed by atoms with Gasteiger partial charge in [0.15, 0.2) is 0 Å². The van der Waals surface area contributed by atoms with Gasteiger partial charge < -0.3 is 28.4 Å². The lowest BCUT2D eigenvalue weighted by atomic mass is 9.69. The van der Waals surface area contributed by atoms with Crippen molar-refractivity contribution in [2.75, 3.05) is 28.4 Å². The van der Waals surface area contributed by atoms with Gasteiger partial charge in [-0.15, -0.1) is 0 Å². The number of benzene rings is 2. The highest BCUT2D eigenvalue weighted by atomic mass is 16.5. The van der Waals surface area contributed by atoms with Crippen molar-refractivity contribution in [3.8, 4) is 11.5 Å². The van der Waals surface area contributed by atoms with E-state index in [1.165, 1.54) is 14.2 Å². The van der Waals surface area contributed by atoms with Gasteiger partial charge in [0.05, 0.1) is 52.1 Å². The van der Waals surface area contributed by atoms with Crippen molar-refractivity contribution in [3.05, 3.63) is 59.7 Å². The third kappa shape index (κ3) is 7.21. The molecule has 0 spiro atoms. The number of hydrogen-bond acceptors (Lipinski definition) is 10. The number of carbonyl (C=O) groups excluding carboxylic acids is 4. The minimum Gasteiger partial charge on any atom is -0.497 e.